The molecule has 2 rings (SSSR count). The van der Waals surface area contributed by atoms with Gasteiger partial charge >= 0.3 is 5.97 Å². The highest BCUT2D eigenvalue weighted by molar-refractivity contribution is 7.89. The molecule has 158 valence electrons. The first-order valence-corrected chi connectivity index (χ1v) is 11.0. The lowest BCUT2D eigenvalue weighted by molar-refractivity contribution is -0.144. The second-order valence-electron chi connectivity index (χ2n) is 6.12. The van der Waals surface area contributed by atoms with Crippen molar-refractivity contribution in [3.05, 3.63) is 54.1 Å². The van der Waals surface area contributed by atoms with Crippen LogP contribution < -0.4 is 14.2 Å². The van der Waals surface area contributed by atoms with Crippen molar-refractivity contribution in [2.24, 2.45) is 0 Å². The number of aryl methyl sites for hydroxylation is 1. The zero-order chi connectivity index (χ0) is 21.1. The maximum Gasteiger partial charge on any atom is 0.307 e. The van der Waals surface area contributed by atoms with Crippen molar-refractivity contribution >= 4 is 16.0 Å². The van der Waals surface area contributed by atoms with Crippen molar-refractivity contribution in [2.75, 3.05) is 26.4 Å². The van der Waals surface area contributed by atoms with Crippen LogP contribution in [-0.2, 0) is 26.0 Å². The summed E-state index contributed by atoms with van der Waals surface area (Å²) in [5.74, 6) is 0.826. The number of hydrogen-bond acceptors (Lipinski definition) is 6. The number of esters is 1. The number of sulfonamides is 1. The third-order valence-corrected chi connectivity index (χ3v) is 5.46. The minimum absolute atomic E-state index is 0.0478. The Morgan fingerprint density at radius 3 is 2.41 bits per heavy atom. The third kappa shape index (κ3) is 7.75. The van der Waals surface area contributed by atoms with Gasteiger partial charge in [0.25, 0.3) is 0 Å². The van der Waals surface area contributed by atoms with Gasteiger partial charge in [-0.25, -0.2) is 13.1 Å². The van der Waals surface area contributed by atoms with Crippen molar-refractivity contribution in [2.45, 2.75) is 31.6 Å². The van der Waals surface area contributed by atoms with E-state index >= 15 is 0 Å². The van der Waals surface area contributed by atoms with Gasteiger partial charge in [0.05, 0.1) is 17.9 Å². The van der Waals surface area contributed by atoms with Crippen LogP contribution in [0.1, 0.15) is 25.8 Å². The predicted molar refractivity (Wildman–Crippen MR) is 110 cm³/mol. The zero-order valence-corrected chi connectivity index (χ0v) is 17.5. The first-order valence-electron chi connectivity index (χ1n) is 9.54. The van der Waals surface area contributed by atoms with Crippen LogP contribution in [-0.4, -0.2) is 40.8 Å². The minimum Gasteiger partial charge on any atom is -0.494 e. The second-order valence-corrected chi connectivity index (χ2v) is 7.89. The molecule has 2 aromatic carbocycles. The van der Waals surface area contributed by atoms with Gasteiger partial charge in [-0.2, -0.15) is 0 Å². The van der Waals surface area contributed by atoms with Gasteiger partial charge in [0.15, 0.2) is 0 Å². The Balaban J connectivity index is 1.67. The normalized spacial score (nSPS) is 11.1. The lowest BCUT2D eigenvalue weighted by Crippen LogP contribution is -2.27. The number of ether oxygens (including phenoxy) is 3. The molecule has 0 heterocycles. The molecule has 0 saturated heterocycles. The van der Waals surface area contributed by atoms with Gasteiger partial charge in [-0.1, -0.05) is 19.1 Å². The fourth-order valence-electron chi connectivity index (χ4n) is 2.49. The Bertz CT molecular complexity index is 880. The molecule has 0 amide bonds. The van der Waals surface area contributed by atoms with E-state index in [1.807, 2.05) is 31.2 Å². The molecule has 0 aromatic heterocycles. The van der Waals surface area contributed by atoms with Crippen LogP contribution in [0.2, 0.25) is 0 Å². The molecule has 0 atom stereocenters. The highest BCUT2D eigenvalue weighted by Gasteiger charge is 2.14. The average molecular weight is 422 g/mol. The summed E-state index contributed by atoms with van der Waals surface area (Å²) >= 11 is 0. The molecule has 0 saturated carbocycles. The molecular weight excluding hydrogens is 394 g/mol. The molecule has 0 spiro atoms. The molecule has 0 unspecified atom stereocenters. The third-order valence-electron chi connectivity index (χ3n) is 3.99. The average Bonchev–Trinajstić information content (AvgIpc) is 2.72. The van der Waals surface area contributed by atoms with E-state index in [4.69, 9.17) is 14.2 Å². The van der Waals surface area contributed by atoms with Crippen LogP contribution in [0.4, 0.5) is 0 Å². The number of nitrogens with one attached hydrogen (secondary N) is 1. The van der Waals surface area contributed by atoms with Crippen LogP contribution >= 0.6 is 0 Å². The Morgan fingerprint density at radius 1 is 0.966 bits per heavy atom. The van der Waals surface area contributed by atoms with Gasteiger partial charge in [0.2, 0.25) is 10.0 Å². The Kier molecular flexibility index (Phi) is 8.95. The van der Waals surface area contributed by atoms with E-state index < -0.39 is 16.0 Å². The van der Waals surface area contributed by atoms with Crippen LogP contribution in [0.15, 0.2) is 53.4 Å². The Morgan fingerprint density at radius 2 is 1.72 bits per heavy atom. The summed E-state index contributed by atoms with van der Waals surface area (Å²) in [6, 6.07) is 13.8. The van der Waals surface area contributed by atoms with Gasteiger partial charge < -0.3 is 14.2 Å². The van der Waals surface area contributed by atoms with E-state index in [1.165, 1.54) is 17.7 Å². The van der Waals surface area contributed by atoms with E-state index in [0.717, 1.165) is 12.2 Å². The topological polar surface area (TPSA) is 90.9 Å². The van der Waals surface area contributed by atoms with Crippen LogP contribution in [0, 0.1) is 0 Å². The second kappa shape index (κ2) is 11.4. The molecule has 0 aliphatic heterocycles. The molecule has 0 radical (unpaired) electrons. The summed E-state index contributed by atoms with van der Waals surface area (Å²) in [6.45, 7) is 4.69. The van der Waals surface area contributed by atoms with Gasteiger partial charge in [-0.3, -0.25) is 4.79 Å². The molecule has 7 nitrogen and oxygen atoms in total. The lowest BCUT2D eigenvalue weighted by atomic mass is 10.2. The summed E-state index contributed by atoms with van der Waals surface area (Å²) < 4.78 is 42.7. The number of rotatable bonds is 12. The van der Waals surface area contributed by atoms with Crippen molar-refractivity contribution in [3.63, 3.8) is 0 Å². The van der Waals surface area contributed by atoms with Gasteiger partial charge in [0.1, 0.15) is 24.7 Å². The standard InChI is InChI=1S/C21H27NO6S/c1-3-17-6-5-7-19(16-17)27-14-15-28-21(23)12-13-22-29(24,25)20-10-8-18(9-11-20)26-4-2/h5-11,16,22H,3-4,12-15H2,1-2H3. The van der Waals surface area contributed by atoms with Crippen molar-refractivity contribution < 1.29 is 27.4 Å². The Labute approximate surface area is 172 Å². The fourth-order valence-corrected chi connectivity index (χ4v) is 3.53. The largest absolute Gasteiger partial charge is 0.494 e. The molecular formula is C21H27NO6S. The number of benzene rings is 2. The zero-order valence-electron chi connectivity index (χ0n) is 16.7. The SMILES string of the molecule is CCOc1ccc(S(=O)(=O)NCCC(=O)OCCOc2cccc(CC)c2)cc1. The highest BCUT2D eigenvalue weighted by atomic mass is 32.2. The molecule has 0 aliphatic carbocycles. The van der Waals surface area contributed by atoms with Crippen molar-refractivity contribution in [3.8, 4) is 11.5 Å². The van der Waals surface area contributed by atoms with Crippen LogP contribution in [0.25, 0.3) is 0 Å². The van der Waals surface area contributed by atoms with Crippen LogP contribution in [0.3, 0.4) is 0 Å². The van der Waals surface area contributed by atoms with Gasteiger partial charge in [-0.15, -0.1) is 0 Å². The summed E-state index contributed by atoms with van der Waals surface area (Å²) in [6.07, 6.45) is 0.848. The summed E-state index contributed by atoms with van der Waals surface area (Å²) in [5, 5.41) is 0. The minimum atomic E-state index is -3.69. The van der Waals surface area contributed by atoms with Crippen molar-refractivity contribution in [1.82, 2.24) is 4.72 Å². The molecule has 2 aromatic rings. The lowest BCUT2D eigenvalue weighted by Gasteiger charge is -2.09. The van der Waals surface area contributed by atoms with E-state index in [1.54, 1.807) is 12.1 Å². The number of hydrogen-bond donors (Lipinski definition) is 1. The van der Waals surface area contributed by atoms with E-state index in [0.29, 0.717) is 12.4 Å². The quantitative estimate of drug-likeness (QED) is 0.419. The van der Waals surface area contributed by atoms with Crippen LogP contribution in [0.5, 0.6) is 11.5 Å². The van der Waals surface area contributed by atoms with Gasteiger partial charge in [-0.05, 0) is 55.3 Å². The fraction of sp³-hybridized carbons (Fsp3) is 0.381. The molecule has 0 fully saturated rings. The van der Waals surface area contributed by atoms with E-state index in [-0.39, 0.29) is 31.1 Å². The monoisotopic (exact) mass is 421 g/mol. The molecule has 8 heteroatoms. The van der Waals surface area contributed by atoms with E-state index in [2.05, 4.69) is 11.6 Å². The molecule has 29 heavy (non-hydrogen) atoms. The van der Waals surface area contributed by atoms with E-state index in [9.17, 15) is 13.2 Å². The predicted octanol–water partition coefficient (Wildman–Crippen LogP) is 2.94. The first kappa shape index (κ1) is 22.7. The first-order chi connectivity index (χ1) is 13.9. The maximum absolute atomic E-state index is 12.2. The number of carbonyl (C=O) groups excluding carboxylic acids is 1. The highest BCUT2D eigenvalue weighted by Crippen LogP contribution is 2.16. The summed E-state index contributed by atoms with van der Waals surface area (Å²) in [4.78, 5) is 11.9. The molecule has 1 N–H and O–H groups in total. The number of carbonyl (C=O) groups is 1. The summed E-state index contributed by atoms with van der Waals surface area (Å²) in [5.41, 5.74) is 1.17. The Hall–Kier alpha value is -2.58. The smallest absolute Gasteiger partial charge is 0.307 e. The molecule has 0 bridgehead atoms. The molecule has 0 aliphatic rings. The van der Waals surface area contributed by atoms with Crippen molar-refractivity contribution in [1.29, 1.82) is 0 Å². The van der Waals surface area contributed by atoms with Gasteiger partial charge in [0, 0.05) is 6.54 Å². The maximum atomic E-state index is 12.2. The summed E-state index contributed by atoms with van der Waals surface area (Å²) in [7, 11) is -3.69.